The van der Waals surface area contributed by atoms with Gasteiger partial charge >= 0.3 is 5.97 Å². The predicted molar refractivity (Wildman–Crippen MR) is 61.1 cm³/mol. The maximum Gasteiger partial charge on any atom is 0.348 e. The smallest absolute Gasteiger partial charge is 0.348 e. The quantitative estimate of drug-likeness (QED) is 0.541. The van der Waals surface area contributed by atoms with Crippen LogP contribution in [0.3, 0.4) is 0 Å². The van der Waals surface area contributed by atoms with E-state index < -0.39 is 0 Å². The molecule has 0 amide bonds. The van der Waals surface area contributed by atoms with Crippen LogP contribution in [0.4, 0.5) is 0 Å². The van der Waals surface area contributed by atoms with Crippen LogP contribution in [0.25, 0.3) is 0 Å². The number of hydrogen-bond donors (Lipinski definition) is 0. The first-order valence-corrected chi connectivity index (χ1v) is 5.65. The van der Waals surface area contributed by atoms with E-state index >= 15 is 0 Å². The maximum absolute atomic E-state index is 11.0. The molecule has 0 saturated carbocycles. The number of hydrogen-bond acceptors (Lipinski definition) is 3. The number of halogens is 2. The number of carbonyl (C=O) groups is 1. The standard InChI is InChI=1S/C6H4I2O2S/c1-10-6(9)4-2-3(7)5(8)11-4/h2H,1H3. The number of methoxy groups -OCH3 is 1. The Morgan fingerprint density at radius 1 is 1.64 bits per heavy atom. The van der Waals surface area contributed by atoms with Gasteiger partial charge in [-0.3, -0.25) is 0 Å². The molecule has 1 aromatic heterocycles. The highest BCUT2D eigenvalue weighted by Crippen LogP contribution is 2.25. The minimum Gasteiger partial charge on any atom is -0.465 e. The van der Waals surface area contributed by atoms with Gasteiger partial charge in [-0.2, -0.15) is 0 Å². The molecule has 0 aromatic carbocycles. The fraction of sp³-hybridized carbons (Fsp3) is 0.167. The lowest BCUT2D eigenvalue weighted by Crippen LogP contribution is -1.96. The van der Waals surface area contributed by atoms with Crippen molar-refractivity contribution in [3.63, 3.8) is 0 Å². The van der Waals surface area contributed by atoms with Crippen molar-refractivity contribution in [1.82, 2.24) is 0 Å². The molecule has 0 aliphatic carbocycles. The summed E-state index contributed by atoms with van der Waals surface area (Å²) < 4.78 is 6.80. The Kier molecular flexibility index (Phi) is 3.56. The molecule has 0 aliphatic rings. The van der Waals surface area contributed by atoms with Crippen LogP contribution in [-0.2, 0) is 4.74 Å². The Hall–Kier alpha value is 0.630. The topological polar surface area (TPSA) is 26.3 Å². The van der Waals surface area contributed by atoms with Crippen LogP contribution in [-0.4, -0.2) is 13.1 Å². The monoisotopic (exact) mass is 394 g/mol. The normalized spacial score (nSPS) is 9.73. The highest BCUT2D eigenvalue weighted by molar-refractivity contribution is 14.1. The summed E-state index contributed by atoms with van der Waals surface area (Å²) >= 11 is 5.84. The van der Waals surface area contributed by atoms with Crippen molar-refractivity contribution < 1.29 is 9.53 Å². The van der Waals surface area contributed by atoms with E-state index in [1.165, 1.54) is 18.4 Å². The second-order valence-corrected chi connectivity index (χ2v) is 5.75. The zero-order valence-electron chi connectivity index (χ0n) is 5.56. The van der Waals surface area contributed by atoms with Gasteiger partial charge in [0.15, 0.2) is 0 Å². The molecule has 11 heavy (non-hydrogen) atoms. The van der Waals surface area contributed by atoms with Gasteiger partial charge in [-0.15, -0.1) is 11.3 Å². The van der Waals surface area contributed by atoms with Crippen molar-refractivity contribution in [3.05, 3.63) is 17.4 Å². The van der Waals surface area contributed by atoms with Crippen LogP contribution >= 0.6 is 56.5 Å². The summed E-state index contributed by atoms with van der Waals surface area (Å²) in [6.45, 7) is 0. The Labute approximate surface area is 95.6 Å². The van der Waals surface area contributed by atoms with Gasteiger partial charge in [0.25, 0.3) is 0 Å². The Balaban J connectivity index is 2.97. The highest BCUT2D eigenvalue weighted by atomic mass is 127. The van der Waals surface area contributed by atoms with Crippen LogP contribution in [0.2, 0.25) is 0 Å². The van der Waals surface area contributed by atoms with Gasteiger partial charge in [-0.25, -0.2) is 4.79 Å². The molecule has 0 radical (unpaired) electrons. The summed E-state index contributed by atoms with van der Waals surface area (Å²) in [6.07, 6.45) is 0. The summed E-state index contributed by atoms with van der Waals surface area (Å²) in [4.78, 5) is 11.6. The van der Waals surface area contributed by atoms with Crippen LogP contribution < -0.4 is 0 Å². The molecule has 0 saturated heterocycles. The second kappa shape index (κ2) is 4.04. The van der Waals surface area contributed by atoms with Crippen molar-refractivity contribution in [3.8, 4) is 0 Å². The number of esters is 1. The molecule has 0 aliphatic heterocycles. The molecule has 0 N–H and O–H groups in total. The van der Waals surface area contributed by atoms with E-state index in [4.69, 9.17) is 0 Å². The molecule has 0 bridgehead atoms. The molecule has 1 heterocycles. The maximum atomic E-state index is 11.0. The van der Waals surface area contributed by atoms with Gasteiger partial charge < -0.3 is 4.74 Å². The highest BCUT2D eigenvalue weighted by Gasteiger charge is 2.10. The zero-order chi connectivity index (χ0) is 8.43. The van der Waals surface area contributed by atoms with Gasteiger partial charge in [0.2, 0.25) is 0 Å². The summed E-state index contributed by atoms with van der Waals surface area (Å²) in [7, 11) is 1.39. The fourth-order valence-corrected chi connectivity index (χ4v) is 2.96. The van der Waals surface area contributed by atoms with E-state index in [0.717, 1.165) is 6.45 Å². The first-order chi connectivity index (χ1) is 5.15. The molecular weight excluding hydrogens is 390 g/mol. The molecule has 0 unspecified atom stereocenters. The van der Waals surface area contributed by atoms with Gasteiger partial charge in [-0.05, 0) is 51.2 Å². The lowest BCUT2D eigenvalue weighted by Gasteiger charge is -1.90. The number of ether oxygens (including phenoxy) is 1. The molecule has 0 spiro atoms. The first kappa shape index (κ1) is 9.72. The van der Waals surface area contributed by atoms with Gasteiger partial charge in [0.05, 0.1) is 9.99 Å². The van der Waals surface area contributed by atoms with Crippen molar-refractivity contribution in [1.29, 1.82) is 0 Å². The molecular formula is C6H4I2O2S. The number of rotatable bonds is 1. The van der Waals surface area contributed by atoms with Crippen molar-refractivity contribution in [2.75, 3.05) is 7.11 Å². The summed E-state index contributed by atoms with van der Waals surface area (Å²) in [5.41, 5.74) is 0. The molecule has 2 nitrogen and oxygen atoms in total. The summed E-state index contributed by atoms with van der Waals surface area (Å²) in [5.74, 6) is -0.254. The molecule has 5 heteroatoms. The average molecular weight is 394 g/mol. The van der Waals surface area contributed by atoms with E-state index in [1.54, 1.807) is 0 Å². The van der Waals surface area contributed by atoms with E-state index in [2.05, 4.69) is 49.9 Å². The van der Waals surface area contributed by atoms with E-state index in [1.807, 2.05) is 6.07 Å². The van der Waals surface area contributed by atoms with Crippen LogP contribution in [0.15, 0.2) is 6.07 Å². The van der Waals surface area contributed by atoms with Gasteiger partial charge in [-0.1, -0.05) is 0 Å². The van der Waals surface area contributed by atoms with Crippen molar-refractivity contribution in [2.45, 2.75) is 0 Å². The minimum absolute atomic E-state index is 0.254. The second-order valence-electron chi connectivity index (χ2n) is 1.72. The molecule has 60 valence electrons. The number of carbonyl (C=O) groups excluding carboxylic acids is 1. The van der Waals surface area contributed by atoms with Gasteiger partial charge in [0, 0.05) is 3.57 Å². The first-order valence-electron chi connectivity index (χ1n) is 2.68. The summed E-state index contributed by atoms with van der Waals surface area (Å²) in [5, 5.41) is 0. The lowest BCUT2D eigenvalue weighted by molar-refractivity contribution is 0.0606. The van der Waals surface area contributed by atoms with Crippen LogP contribution in [0, 0.1) is 6.45 Å². The third-order valence-electron chi connectivity index (χ3n) is 1.03. The zero-order valence-corrected chi connectivity index (χ0v) is 10.7. The van der Waals surface area contributed by atoms with Gasteiger partial charge in [0.1, 0.15) is 4.88 Å². The lowest BCUT2D eigenvalue weighted by atomic mass is 10.5. The Morgan fingerprint density at radius 3 is 2.64 bits per heavy atom. The fourth-order valence-electron chi connectivity index (χ4n) is 0.548. The third-order valence-corrected chi connectivity index (χ3v) is 5.43. The van der Waals surface area contributed by atoms with E-state index in [0.29, 0.717) is 4.88 Å². The molecule has 1 aromatic rings. The SMILES string of the molecule is COC(=O)c1cc(I)c(I)s1. The average Bonchev–Trinajstić information content (AvgIpc) is 2.31. The Morgan fingerprint density at radius 2 is 2.27 bits per heavy atom. The largest absolute Gasteiger partial charge is 0.465 e. The van der Waals surface area contributed by atoms with Crippen molar-refractivity contribution >= 4 is 62.5 Å². The summed E-state index contributed by atoms with van der Waals surface area (Å²) in [6, 6.07) is 1.83. The molecule has 0 fully saturated rings. The van der Waals surface area contributed by atoms with Crippen LogP contribution in [0.5, 0.6) is 0 Å². The van der Waals surface area contributed by atoms with Crippen molar-refractivity contribution in [2.24, 2.45) is 0 Å². The Bertz CT molecular complexity index is 263. The molecule has 0 atom stereocenters. The predicted octanol–water partition coefficient (Wildman–Crippen LogP) is 2.74. The number of thiophene rings is 1. The van der Waals surface area contributed by atoms with Crippen LogP contribution in [0.1, 0.15) is 9.67 Å². The third kappa shape index (κ3) is 2.28. The van der Waals surface area contributed by atoms with E-state index in [9.17, 15) is 4.79 Å². The minimum atomic E-state index is -0.254. The molecule has 1 rings (SSSR count). The van der Waals surface area contributed by atoms with E-state index in [-0.39, 0.29) is 5.97 Å².